The van der Waals surface area contributed by atoms with Crippen LogP contribution in [0.15, 0.2) is 5.38 Å². The van der Waals surface area contributed by atoms with E-state index < -0.39 is 5.97 Å². The van der Waals surface area contributed by atoms with Gasteiger partial charge in [-0.3, -0.25) is 4.79 Å². The molecule has 0 radical (unpaired) electrons. The number of nitrogens with zero attached hydrogens (tertiary/aromatic N) is 1. The van der Waals surface area contributed by atoms with Crippen LogP contribution in [-0.2, 0) is 11.3 Å². The minimum atomic E-state index is -0.730. The SMILES string of the molecule is Cc1csc(CNC(=O)NC2CCC(C(=O)O)CC2)n1. The molecule has 1 aliphatic rings. The summed E-state index contributed by atoms with van der Waals surface area (Å²) < 4.78 is 0. The molecule has 2 rings (SSSR count). The van der Waals surface area contributed by atoms with Crippen molar-refractivity contribution in [3.63, 3.8) is 0 Å². The molecule has 0 saturated heterocycles. The Kier molecular flexibility index (Phi) is 4.94. The van der Waals surface area contributed by atoms with E-state index in [9.17, 15) is 9.59 Å². The highest BCUT2D eigenvalue weighted by molar-refractivity contribution is 7.09. The van der Waals surface area contributed by atoms with Gasteiger partial charge in [0.1, 0.15) is 5.01 Å². The molecule has 1 aliphatic carbocycles. The highest BCUT2D eigenvalue weighted by Gasteiger charge is 2.26. The molecule has 3 N–H and O–H groups in total. The minimum absolute atomic E-state index is 0.0728. The van der Waals surface area contributed by atoms with Crippen LogP contribution in [0.4, 0.5) is 4.79 Å². The lowest BCUT2D eigenvalue weighted by Crippen LogP contribution is -2.43. The Hall–Kier alpha value is -1.63. The molecule has 0 spiro atoms. The van der Waals surface area contributed by atoms with E-state index in [1.807, 2.05) is 12.3 Å². The minimum Gasteiger partial charge on any atom is -0.481 e. The maximum Gasteiger partial charge on any atom is 0.315 e. The van der Waals surface area contributed by atoms with Crippen LogP contribution in [-0.4, -0.2) is 28.1 Å². The highest BCUT2D eigenvalue weighted by atomic mass is 32.1. The van der Waals surface area contributed by atoms with Gasteiger partial charge in [0.05, 0.1) is 12.5 Å². The Labute approximate surface area is 121 Å². The van der Waals surface area contributed by atoms with E-state index in [1.54, 1.807) is 0 Å². The molecule has 20 heavy (non-hydrogen) atoms. The molecule has 0 unspecified atom stereocenters. The summed E-state index contributed by atoms with van der Waals surface area (Å²) in [7, 11) is 0. The fourth-order valence-corrected chi connectivity index (χ4v) is 3.07. The Balaban J connectivity index is 1.69. The first kappa shape index (κ1) is 14.8. The number of hydrogen-bond acceptors (Lipinski definition) is 4. The van der Waals surface area contributed by atoms with Crippen molar-refractivity contribution in [2.75, 3.05) is 0 Å². The highest BCUT2D eigenvalue weighted by Crippen LogP contribution is 2.24. The van der Waals surface area contributed by atoms with Crippen LogP contribution in [0.1, 0.15) is 36.4 Å². The van der Waals surface area contributed by atoms with Gasteiger partial charge in [-0.25, -0.2) is 9.78 Å². The van der Waals surface area contributed by atoms with Gasteiger partial charge in [0.15, 0.2) is 0 Å². The lowest BCUT2D eigenvalue weighted by molar-refractivity contribution is -0.142. The van der Waals surface area contributed by atoms with E-state index in [2.05, 4.69) is 15.6 Å². The topological polar surface area (TPSA) is 91.3 Å². The number of aryl methyl sites for hydroxylation is 1. The molecule has 1 saturated carbocycles. The standard InChI is InChI=1S/C13H19N3O3S/c1-8-7-20-11(15-8)6-14-13(19)16-10-4-2-9(3-5-10)12(17)18/h7,9-10H,2-6H2,1H3,(H,17,18)(H2,14,16,19). The van der Waals surface area contributed by atoms with Crippen LogP contribution in [0, 0.1) is 12.8 Å². The zero-order chi connectivity index (χ0) is 14.5. The number of hydrogen-bond donors (Lipinski definition) is 3. The fraction of sp³-hybridized carbons (Fsp3) is 0.615. The number of aliphatic carboxylic acids is 1. The second kappa shape index (κ2) is 6.69. The summed E-state index contributed by atoms with van der Waals surface area (Å²) in [5.41, 5.74) is 0.958. The van der Waals surface area contributed by atoms with Gasteiger partial charge >= 0.3 is 12.0 Å². The van der Waals surface area contributed by atoms with Gasteiger partial charge in [0.25, 0.3) is 0 Å². The Morgan fingerprint density at radius 3 is 2.65 bits per heavy atom. The molecule has 1 aromatic heterocycles. The van der Waals surface area contributed by atoms with Crippen molar-refractivity contribution < 1.29 is 14.7 Å². The van der Waals surface area contributed by atoms with Gasteiger partial charge in [0.2, 0.25) is 0 Å². The summed E-state index contributed by atoms with van der Waals surface area (Å²) in [5, 5.41) is 17.4. The third-order valence-electron chi connectivity index (χ3n) is 3.48. The van der Waals surface area contributed by atoms with Gasteiger partial charge < -0.3 is 15.7 Å². The lowest BCUT2D eigenvalue weighted by Gasteiger charge is -2.26. The Morgan fingerprint density at radius 2 is 2.10 bits per heavy atom. The molecular formula is C13H19N3O3S. The van der Waals surface area contributed by atoms with Crippen molar-refractivity contribution in [2.24, 2.45) is 5.92 Å². The predicted molar refractivity (Wildman–Crippen MR) is 75.6 cm³/mol. The van der Waals surface area contributed by atoms with Gasteiger partial charge in [-0.15, -0.1) is 11.3 Å². The zero-order valence-electron chi connectivity index (χ0n) is 11.4. The van der Waals surface area contributed by atoms with Crippen molar-refractivity contribution in [3.8, 4) is 0 Å². The van der Waals surface area contributed by atoms with E-state index in [-0.39, 0.29) is 18.0 Å². The predicted octanol–water partition coefficient (Wildman–Crippen LogP) is 1.89. The number of amides is 2. The van der Waals surface area contributed by atoms with Gasteiger partial charge in [-0.2, -0.15) is 0 Å². The molecule has 0 atom stereocenters. The van der Waals surface area contributed by atoms with Crippen molar-refractivity contribution in [1.82, 2.24) is 15.6 Å². The van der Waals surface area contributed by atoms with E-state index in [1.165, 1.54) is 11.3 Å². The average molecular weight is 297 g/mol. The number of carbonyl (C=O) groups excluding carboxylic acids is 1. The summed E-state index contributed by atoms with van der Waals surface area (Å²) in [5.74, 6) is -0.985. The van der Waals surface area contributed by atoms with Crippen LogP contribution < -0.4 is 10.6 Å². The van der Waals surface area contributed by atoms with Crippen LogP contribution in [0.2, 0.25) is 0 Å². The summed E-state index contributed by atoms with van der Waals surface area (Å²) in [6, 6.07) is -0.139. The third kappa shape index (κ3) is 4.19. The van der Waals surface area contributed by atoms with Crippen LogP contribution in [0.5, 0.6) is 0 Å². The number of thiazole rings is 1. The quantitative estimate of drug-likeness (QED) is 0.791. The number of urea groups is 1. The van der Waals surface area contributed by atoms with Gasteiger partial charge in [-0.05, 0) is 32.6 Å². The molecule has 0 bridgehead atoms. The lowest BCUT2D eigenvalue weighted by atomic mass is 9.86. The second-order valence-corrected chi connectivity index (χ2v) is 6.04. The fourth-order valence-electron chi connectivity index (χ4n) is 2.36. The normalized spacial score (nSPS) is 22.2. The van der Waals surface area contributed by atoms with E-state index in [0.717, 1.165) is 23.5 Å². The first-order valence-electron chi connectivity index (χ1n) is 6.73. The monoisotopic (exact) mass is 297 g/mol. The number of rotatable bonds is 4. The van der Waals surface area contributed by atoms with Crippen LogP contribution >= 0.6 is 11.3 Å². The Bertz CT molecular complexity index is 481. The average Bonchev–Trinajstić information content (AvgIpc) is 2.83. The number of carbonyl (C=O) groups is 2. The molecule has 1 fully saturated rings. The molecule has 1 aromatic rings. The van der Waals surface area contributed by atoms with Crippen molar-refractivity contribution in [2.45, 2.75) is 45.2 Å². The number of carboxylic acid groups (broad SMARTS) is 1. The molecule has 1 heterocycles. The van der Waals surface area contributed by atoms with Crippen LogP contribution in [0.25, 0.3) is 0 Å². The van der Waals surface area contributed by atoms with Crippen molar-refractivity contribution in [3.05, 3.63) is 16.1 Å². The third-order valence-corrected chi connectivity index (χ3v) is 4.45. The maximum atomic E-state index is 11.7. The van der Waals surface area contributed by atoms with E-state index in [0.29, 0.717) is 19.4 Å². The summed E-state index contributed by atoms with van der Waals surface area (Å²) in [6.07, 6.45) is 2.71. The molecule has 7 heteroatoms. The first-order chi connectivity index (χ1) is 9.54. The van der Waals surface area contributed by atoms with Crippen molar-refractivity contribution in [1.29, 1.82) is 0 Å². The molecule has 2 amide bonds. The van der Waals surface area contributed by atoms with E-state index >= 15 is 0 Å². The number of carboxylic acids is 1. The summed E-state index contributed by atoms with van der Waals surface area (Å²) in [4.78, 5) is 26.9. The number of aromatic nitrogens is 1. The molecule has 0 aliphatic heterocycles. The number of nitrogens with one attached hydrogen (secondary N) is 2. The summed E-state index contributed by atoms with van der Waals surface area (Å²) >= 11 is 1.52. The molecule has 6 nitrogen and oxygen atoms in total. The van der Waals surface area contributed by atoms with Crippen LogP contribution in [0.3, 0.4) is 0 Å². The second-order valence-electron chi connectivity index (χ2n) is 5.10. The largest absolute Gasteiger partial charge is 0.481 e. The van der Waals surface area contributed by atoms with E-state index in [4.69, 9.17) is 5.11 Å². The molecular weight excluding hydrogens is 278 g/mol. The Morgan fingerprint density at radius 1 is 1.40 bits per heavy atom. The first-order valence-corrected chi connectivity index (χ1v) is 7.60. The summed E-state index contributed by atoms with van der Waals surface area (Å²) in [6.45, 7) is 2.34. The van der Waals surface area contributed by atoms with Crippen molar-refractivity contribution >= 4 is 23.3 Å². The maximum absolute atomic E-state index is 11.7. The zero-order valence-corrected chi connectivity index (χ0v) is 12.2. The smallest absolute Gasteiger partial charge is 0.315 e. The molecule has 110 valence electrons. The van der Waals surface area contributed by atoms with Gasteiger partial charge in [0, 0.05) is 17.1 Å². The molecule has 0 aromatic carbocycles. The van der Waals surface area contributed by atoms with Gasteiger partial charge in [-0.1, -0.05) is 0 Å².